The van der Waals surface area contributed by atoms with E-state index in [1.165, 1.54) is 0 Å². The van der Waals surface area contributed by atoms with Gasteiger partial charge in [-0.1, -0.05) is 0 Å². The van der Waals surface area contributed by atoms with Gasteiger partial charge in [0.05, 0.1) is 9.26 Å². The fourth-order valence-electron chi connectivity index (χ4n) is 2.04. The van der Waals surface area contributed by atoms with Crippen LogP contribution in [0.2, 0.25) is 0 Å². The van der Waals surface area contributed by atoms with Gasteiger partial charge in [0, 0.05) is 13.2 Å². The lowest BCUT2D eigenvalue weighted by atomic mass is 10.0. The first kappa shape index (κ1) is 13.0. The highest BCUT2D eigenvalue weighted by Gasteiger charge is 2.35. The fraction of sp³-hybridized carbons (Fsp3) is 0.667. The molecule has 1 aliphatic rings. The van der Waals surface area contributed by atoms with Gasteiger partial charge in [-0.3, -0.25) is 0 Å². The van der Waals surface area contributed by atoms with Gasteiger partial charge in [0.1, 0.15) is 11.4 Å². The molecule has 0 saturated carbocycles. The molecular weight excluding hydrogens is 329 g/mol. The summed E-state index contributed by atoms with van der Waals surface area (Å²) in [4.78, 5) is 9.21. The second kappa shape index (κ2) is 5.06. The van der Waals surface area contributed by atoms with E-state index < -0.39 is 0 Å². The average molecular weight is 347 g/mol. The number of halogens is 1. The first-order valence-corrected chi connectivity index (χ1v) is 7.07. The van der Waals surface area contributed by atoms with Crippen LogP contribution in [0.4, 0.5) is 5.82 Å². The molecule has 2 heterocycles. The third kappa shape index (κ3) is 2.54. The quantitative estimate of drug-likeness (QED) is 0.855. The number of aryl methyl sites for hydroxylation is 1. The first-order valence-electron chi connectivity index (χ1n) is 5.99. The molecule has 1 aliphatic heterocycles. The van der Waals surface area contributed by atoms with Crippen LogP contribution in [0.3, 0.4) is 0 Å². The van der Waals surface area contributed by atoms with Crippen molar-refractivity contribution in [2.45, 2.75) is 39.2 Å². The molecule has 0 bridgehead atoms. The zero-order valence-corrected chi connectivity index (χ0v) is 12.7. The van der Waals surface area contributed by atoms with Crippen molar-refractivity contribution in [2.24, 2.45) is 0 Å². The lowest BCUT2D eigenvalue weighted by molar-refractivity contribution is 0.00927. The smallest absolute Gasteiger partial charge is 0.162 e. The van der Waals surface area contributed by atoms with E-state index in [2.05, 4.69) is 51.7 Å². The molecule has 17 heavy (non-hydrogen) atoms. The zero-order chi connectivity index (χ0) is 12.5. The van der Waals surface area contributed by atoms with Crippen molar-refractivity contribution < 1.29 is 4.74 Å². The molecule has 1 aromatic rings. The van der Waals surface area contributed by atoms with E-state index in [0.29, 0.717) is 0 Å². The highest BCUT2D eigenvalue weighted by atomic mass is 127. The number of nitrogens with one attached hydrogen (secondary N) is 1. The Kier molecular flexibility index (Phi) is 3.87. The second-order valence-corrected chi connectivity index (χ2v) is 5.59. The van der Waals surface area contributed by atoms with Gasteiger partial charge in [-0.15, -0.1) is 0 Å². The summed E-state index contributed by atoms with van der Waals surface area (Å²) in [5, 5.41) is 3.28. The summed E-state index contributed by atoms with van der Waals surface area (Å²) in [7, 11) is 0. The van der Waals surface area contributed by atoms with E-state index in [4.69, 9.17) is 4.74 Å². The van der Waals surface area contributed by atoms with Crippen molar-refractivity contribution in [3.8, 4) is 0 Å². The van der Waals surface area contributed by atoms with E-state index in [1.54, 1.807) is 0 Å². The van der Waals surface area contributed by atoms with Gasteiger partial charge in [0.15, 0.2) is 5.82 Å². The summed E-state index contributed by atoms with van der Waals surface area (Å²) in [6.07, 6.45) is 2.08. The molecule has 0 aromatic carbocycles. The van der Waals surface area contributed by atoms with Crippen molar-refractivity contribution in [3.63, 3.8) is 0 Å². The summed E-state index contributed by atoms with van der Waals surface area (Å²) in [5.74, 6) is 1.73. The van der Waals surface area contributed by atoms with E-state index >= 15 is 0 Å². The Balaban J connectivity index is 2.41. The predicted molar refractivity (Wildman–Crippen MR) is 76.2 cm³/mol. The van der Waals surface area contributed by atoms with Crippen LogP contribution in [0.5, 0.6) is 0 Å². The Morgan fingerprint density at radius 2 is 2.24 bits per heavy atom. The maximum atomic E-state index is 5.80. The van der Waals surface area contributed by atoms with Gasteiger partial charge in [-0.05, 0) is 56.2 Å². The second-order valence-electron chi connectivity index (χ2n) is 4.51. The van der Waals surface area contributed by atoms with Crippen LogP contribution in [0.25, 0.3) is 0 Å². The highest BCUT2D eigenvalue weighted by Crippen LogP contribution is 2.34. The minimum absolute atomic E-state index is 0.306. The molecule has 1 fully saturated rings. The van der Waals surface area contributed by atoms with Crippen molar-refractivity contribution in [1.82, 2.24) is 9.97 Å². The number of rotatable bonds is 3. The Morgan fingerprint density at radius 1 is 1.47 bits per heavy atom. The minimum atomic E-state index is -0.306. The molecule has 0 radical (unpaired) electrons. The summed E-state index contributed by atoms with van der Waals surface area (Å²) >= 11 is 2.28. The summed E-state index contributed by atoms with van der Waals surface area (Å²) in [6, 6.07) is 0. The molecule has 1 saturated heterocycles. The number of aromatic nitrogens is 2. The van der Waals surface area contributed by atoms with E-state index in [9.17, 15) is 0 Å². The molecule has 1 atom stereocenters. The number of nitrogens with zero attached hydrogens (tertiary/aromatic N) is 2. The molecular formula is C12H18IN3O. The maximum Gasteiger partial charge on any atom is 0.162 e. The van der Waals surface area contributed by atoms with Gasteiger partial charge in [-0.25, -0.2) is 9.97 Å². The van der Waals surface area contributed by atoms with Crippen molar-refractivity contribution >= 4 is 28.4 Å². The number of hydrogen-bond donors (Lipinski definition) is 1. The standard InChI is InChI=1S/C12H18IN3O/c1-4-14-10-9(13)8(2)15-11(16-10)12(3)6-5-7-17-12/h4-7H2,1-3H3,(H,14,15,16). The van der Waals surface area contributed by atoms with Crippen LogP contribution in [0.1, 0.15) is 38.2 Å². The van der Waals surface area contributed by atoms with Gasteiger partial charge in [-0.2, -0.15) is 0 Å². The van der Waals surface area contributed by atoms with Gasteiger partial charge in [0.2, 0.25) is 0 Å². The topological polar surface area (TPSA) is 47.0 Å². The Hall–Kier alpha value is -0.430. The molecule has 2 rings (SSSR count). The average Bonchev–Trinajstić information content (AvgIpc) is 2.73. The predicted octanol–water partition coefficient (Wildman–Crippen LogP) is 2.85. The van der Waals surface area contributed by atoms with Crippen LogP contribution in [-0.4, -0.2) is 23.1 Å². The van der Waals surface area contributed by atoms with E-state index in [-0.39, 0.29) is 5.60 Å². The van der Waals surface area contributed by atoms with E-state index in [1.807, 2.05) is 6.92 Å². The Morgan fingerprint density at radius 3 is 2.82 bits per heavy atom. The Bertz CT molecular complexity index is 416. The molecule has 94 valence electrons. The van der Waals surface area contributed by atoms with Crippen molar-refractivity contribution in [2.75, 3.05) is 18.5 Å². The molecule has 1 N–H and O–H groups in total. The van der Waals surface area contributed by atoms with E-state index in [0.717, 1.165) is 46.9 Å². The fourth-order valence-corrected chi connectivity index (χ4v) is 2.47. The van der Waals surface area contributed by atoms with Crippen LogP contribution < -0.4 is 5.32 Å². The Labute approximate surface area is 116 Å². The minimum Gasteiger partial charge on any atom is -0.369 e. The van der Waals surface area contributed by atoms with Crippen molar-refractivity contribution in [3.05, 3.63) is 15.1 Å². The van der Waals surface area contributed by atoms with Crippen molar-refractivity contribution in [1.29, 1.82) is 0 Å². The highest BCUT2D eigenvalue weighted by molar-refractivity contribution is 14.1. The largest absolute Gasteiger partial charge is 0.369 e. The van der Waals surface area contributed by atoms with Gasteiger partial charge >= 0.3 is 0 Å². The molecule has 0 aliphatic carbocycles. The van der Waals surface area contributed by atoms with Crippen LogP contribution in [0, 0.1) is 10.5 Å². The molecule has 1 aromatic heterocycles. The lowest BCUT2D eigenvalue weighted by Gasteiger charge is -2.23. The normalized spacial score (nSPS) is 24.0. The first-order chi connectivity index (χ1) is 8.07. The number of anilines is 1. The molecule has 1 unspecified atom stereocenters. The zero-order valence-electron chi connectivity index (χ0n) is 10.5. The lowest BCUT2D eigenvalue weighted by Crippen LogP contribution is -2.25. The van der Waals surface area contributed by atoms with Crippen LogP contribution >= 0.6 is 22.6 Å². The van der Waals surface area contributed by atoms with Crippen LogP contribution in [0.15, 0.2) is 0 Å². The number of hydrogen-bond acceptors (Lipinski definition) is 4. The van der Waals surface area contributed by atoms with Crippen LogP contribution in [-0.2, 0) is 10.3 Å². The summed E-state index contributed by atoms with van der Waals surface area (Å²) in [5.41, 5.74) is 0.711. The third-order valence-electron chi connectivity index (χ3n) is 3.05. The summed E-state index contributed by atoms with van der Waals surface area (Å²) in [6.45, 7) is 7.84. The molecule has 0 spiro atoms. The molecule has 5 heteroatoms. The number of ether oxygens (including phenoxy) is 1. The van der Waals surface area contributed by atoms with Gasteiger partial charge in [0.25, 0.3) is 0 Å². The molecule has 4 nitrogen and oxygen atoms in total. The molecule has 0 amide bonds. The van der Waals surface area contributed by atoms with Gasteiger partial charge < -0.3 is 10.1 Å². The SMILES string of the molecule is CCNc1nc(C2(C)CCCO2)nc(C)c1I. The monoisotopic (exact) mass is 347 g/mol. The third-order valence-corrected chi connectivity index (χ3v) is 4.34. The summed E-state index contributed by atoms with van der Waals surface area (Å²) < 4.78 is 6.89. The maximum absolute atomic E-state index is 5.80.